The molecule has 0 rings (SSSR count). The van der Waals surface area contributed by atoms with E-state index in [1.54, 1.807) is 20.8 Å². The summed E-state index contributed by atoms with van der Waals surface area (Å²) in [6.45, 7) is 5.00. The van der Waals surface area contributed by atoms with Crippen molar-refractivity contribution in [2.45, 2.75) is 33.2 Å². The van der Waals surface area contributed by atoms with Gasteiger partial charge in [-0.2, -0.15) is 0 Å². The van der Waals surface area contributed by atoms with Crippen LogP contribution in [0.2, 0.25) is 0 Å². The average Bonchev–Trinajstić information content (AvgIpc) is 2.01. The van der Waals surface area contributed by atoms with Gasteiger partial charge in [0.15, 0.2) is 0 Å². The molecule has 2 unspecified atom stereocenters. The first kappa shape index (κ1) is 13.4. The molecule has 0 aromatic carbocycles. The summed E-state index contributed by atoms with van der Waals surface area (Å²) < 4.78 is 24.4. The Hall–Kier alpha value is -0.620. The number of rotatable bonds is 5. The van der Waals surface area contributed by atoms with E-state index in [2.05, 4.69) is 0 Å². The van der Waals surface area contributed by atoms with Crippen molar-refractivity contribution in [2.24, 2.45) is 11.7 Å². The normalized spacial score (nSPS) is 16.0. The Bertz CT molecular complexity index is 285. The predicted octanol–water partition coefficient (Wildman–Crippen LogP) is -0.174. The molecule has 6 heteroatoms. The second-order valence-electron chi connectivity index (χ2n) is 3.43. The number of carbonyl (C=O) groups excluding carboxylic acids is 1. The van der Waals surface area contributed by atoms with Crippen molar-refractivity contribution in [3.05, 3.63) is 0 Å². The maximum atomic E-state index is 11.3. The fourth-order valence-corrected chi connectivity index (χ4v) is 1.94. The summed E-state index contributed by atoms with van der Waals surface area (Å²) >= 11 is 0. The fourth-order valence-electron chi connectivity index (χ4n) is 0.805. The largest absolute Gasteiger partial charge is 0.327 e. The smallest absolute Gasteiger partial charge is 0.237 e. The standard InChI is InChI=1S/C8H18N2O3S/c1-4-5-14(12,13)10-8(11)6(2)7(3)9/h6-7H,4-5,9H2,1-3H3,(H,10,11). The van der Waals surface area contributed by atoms with Crippen molar-refractivity contribution in [1.82, 2.24) is 4.72 Å². The molecule has 0 aliphatic heterocycles. The molecule has 0 heterocycles. The van der Waals surface area contributed by atoms with Crippen LogP contribution in [0.15, 0.2) is 0 Å². The minimum atomic E-state index is -3.46. The van der Waals surface area contributed by atoms with Crippen molar-refractivity contribution >= 4 is 15.9 Å². The topological polar surface area (TPSA) is 89.3 Å². The van der Waals surface area contributed by atoms with Crippen molar-refractivity contribution in [3.8, 4) is 0 Å². The van der Waals surface area contributed by atoms with Crippen LogP contribution in [0, 0.1) is 5.92 Å². The van der Waals surface area contributed by atoms with E-state index in [0.717, 1.165) is 0 Å². The van der Waals surface area contributed by atoms with Crippen molar-refractivity contribution in [2.75, 3.05) is 5.75 Å². The zero-order chi connectivity index (χ0) is 11.4. The van der Waals surface area contributed by atoms with Gasteiger partial charge in [0, 0.05) is 6.04 Å². The summed E-state index contributed by atoms with van der Waals surface area (Å²) in [5.41, 5.74) is 5.47. The maximum absolute atomic E-state index is 11.3. The van der Waals surface area contributed by atoms with Crippen LogP contribution in [0.25, 0.3) is 0 Å². The summed E-state index contributed by atoms with van der Waals surface area (Å²) in [4.78, 5) is 11.3. The van der Waals surface area contributed by atoms with Crippen molar-refractivity contribution < 1.29 is 13.2 Å². The highest BCUT2D eigenvalue weighted by molar-refractivity contribution is 7.90. The number of nitrogens with one attached hydrogen (secondary N) is 1. The number of amides is 1. The van der Waals surface area contributed by atoms with Crippen LogP contribution in [0.1, 0.15) is 27.2 Å². The van der Waals surface area contributed by atoms with Crippen molar-refractivity contribution in [3.63, 3.8) is 0 Å². The highest BCUT2D eigenvalue weighted by atomic mass is 32.2. The zero-order valence-corrected chi connectivity index (χ0v) is 9.60. The van der Waals surface area contributed by atoms with Gasteiger partial charge in [0.1, 0.15) is 0 Å². The third-order valence-electron chi connectivity index (χ3n) is 1.93. The van der Waals surface area contributed by atoms with Gasteiger partial charge in [0.2, 0.25) is 15.9 Å². The summed E-state index contributed by atoms with van der Waals surface area (Å²) in [7, 11) is -3.46. The fraction of sp³-hybridized carbons (Fsp3) is 0.875. The lowest BCUT2D eigenvalue weighted by molar-refractivity contribution is -0.123. The highest BCUT2D eigenvalue weighted by Crippen LogP contribution is 2.01. The lowest BCUT2D eigenvalue weighted by Crippen LogP contribution is -2.42. The Balaban J connectivity index is 4.33. The molecule has 0 saturated heterocycles. The first-order valence-electron chi connectivity index (χ1n) is 4.60. The van der Waals surface area contributed by atoms with E-state index in [-0.39, 0.29) is 11.8 Å². The molecule has 0 saturated carbocycles. The van der Waals surface area contributed by atoms with E-state index in [9.17, 15) is 13.2 Å². The number of carbonyl (C=O) groups is 1. The molecule has 0 aliphatic rings. The number of hydrogen-bond donors (Lipinski definition) is 2. The number of sulfonamides is 1. The van der Waals surface area contributed by atoms with E-state index < -0.39 is 21.8 Å². The maximum Gasteiger partial charge on any atom is 0.237 e. The molecule has 0 aromatic rings. The van der Waals surface area contributed by atoms with Crippen molar-refractivity contribution in [1.29, 1.82) is 0 Å². The molecule has 2 atom stereocenters. The number of hydrogen-bond acceptors (Lipinski definition) is 4. The van der Waals surface area contributed by atoms with E-state index >= 15 is 0 Å². The van der Waals surface area contributed by atoms with E-state index in [0.29, 0.717) is 6.42 Å². The summed E-state index contributed by atoms with van der Waals surface area (Å²) in [5, 5.41) is 0. The van der Waals surface area contributed by atoms with Gasteiger partial charge >= 0.3 is 0 Å². The van der Waals surface area contributed by atoms with Crippen LogP contribution in [-0.2, 0) is 14.8 Å². The van der Waals surface area contributed by atoms with E-state index in [1.165, 1.54) is 0 Å². The minimum absolute atomic E-state index is 0.0373. The first-order valence-corrected chi connectivity index (χ1v) is 6.25. The summed E-state index contributed by atoms with van der Waals surface area (Å²) in [5.74, 6) is -1.07. The third-order valence-corrected chi connectivity index (χ3v) is 3.39. The second-order valence-corrected chi connectivity index (χ2v) is 5.27. The molecular weight excluding hydrogens is 204 g/mol. The van der Waals surface area contributed by atoms with Crippen LogP contribution < -0.4 is 10.5 Å². The molecule has 84 valence electrons. The lowest BCUT2D eigenvalue weighted by Gasteiger charge is -2.14. The van der Waals surface area contributed by atoms with Gasteiger partial charge in [-0.15, -0.1) is 0 Å². The highest BCUT2D eigenvalue weighted by Gasteiger charge is 2.21. The molecule has 0 spiro atoms. The first-order chi connectivity index (χ1) is 6.30. The molecule has 0 aromatic heterocycles. The Morgan fingerprint density at radius 1 is 1.43 bits per heavy atom. The van der Waals surface area contributed by atoms with Gasteiger partial charge in [-0.3, -0.25) is 9.52 Å². The Morgan fingerprint density at radius 2 is 1.93 bits per heavy atom. The molecule has 0 fully saturated rings. The van der Waals surface area contributed by atoms with Gasteiger partial charge in [-0.25, -0.2) is 8.42 Å². The molecule has 5 nitrogen and oxygen atoms in total. The summed E-state index contributed by atoms with van der Waals surface area (Å²) in [6, 6.07) is -0.355. The average molecular weight is 222 g/mol. The predicted molar refractivity (Wildman–Crippen MR) is 55.0 cm³/mol. The summed E-state index contributed by atoms with van der Waals surface area (Å²) in [6.07, 6.45) is 0.481. The Kier molecular flexibility index (Phi) is 5.07. The molecule has 0 aliphatic carbocycles. The second kappa shape index (κ2) is 5.31. The molecule has 3 N–H and O–H groups in total. The van der Waals surface area contributed by atoms with Gasteiger partial charge in [-0.1, -0.05) is 13.8 Å². The molecule has 0 bridgehead atoms. The number of nitrogens with two attached hydrogens (primary N) is 1. The van der Waals surface area contributed by atoms with Crippen LogP contribution in [0.5, 0.6) is 0 Å². The minimum Gasteiger partial charge on any atom is -0.327 e. The zero-order valence-electron chi connectivity index (χ0n) is 8.78. The third kappa shape index (κ3) is 4.57. The van der Waals surface area contributed by atoms with Crippen LogP contribution in [-0.4, -0.2) is 26.1 Å². The molecular formula is C8H18N2O3S. The van der Waals surface area contributed by atoms with Crippen LogP contribution >= 0.6 is 0 Å². The van der Waals surface area contributed by atoms with Gasteiger partial charge in [0.25, 0.3) is 0 Å². The Morgan fingerprint density at radius 3 is 2.29 bits per heavy atom. The quantitative estimate of drug-likeness (QED) is 0.675. The van der Waals surface area contributed by atoms with Gasteiger partial charge < -0.3 is 5.73 Å². The SMILES string of the molecule is CCCS(=O)(=O)NC(=O)C(C)C(C)N. The molecule has 1 amide bonds. The van der Waals surface area contributed by atoms with Crippen LogP contribution in [0.3, 0.4) is 0 Å². The lowest BCUT2D eigenvalue weighted by atomic mass is 10.1. The van der Waals surface area contributed by atoms with E-state index in [1.807, 2.05) is 4.72 Å². The molecule has 14 heavy (non-hydrogen) atoms. The monoisotopic (exact) mass is 222 g/mol. The Labute approximate surface area is 85.1 Å². The van der Waals surface area contributed by atoms with Gasteiger partial charge in [0.05, 0.1) is 11.7 Å². The van der Waals surface area contributed by atoms with Crippen LogP contribution in [0.4, 0.5) is 0 Å². The van der Waals surface area contributed by atoms with E-state index in [4.69, 9.17) is 5.73 Å². The van der Waals surface area contributed by atoms with Gasteiger partial charge in [-0.05, 0) is 13.3 Å². The molecule has 0 radical (unpaired) electrons.